The molecule has 2 heterocycles. The predicted molar refractivity (Wildman–Crippen MR) is 113 cm³/mol. The first-order chi connectivity index (χ1) is 13.4. The van der Waals surface area contributed by atoms with Gasteiger partial charge in [0.15, 0.2) is 0 Å². The zero-order chi connectivity index (χ0) is 20.3. The molecule has 6 heteroatoms. The summed E-state index contributed by atoms with van der Waals surface area (Å²) in [6, 6.07) is 10.2. The van der Waals surface area contributed by atoms with Gasteiger partial charge in [-0.25, -0.2) is 4.68 Å². The summed E-state index contributed by atoms with van der Waals surface area (Å²) in [5.74, 6) is 0.613. The molecule has 1 atom stereocenters. The van der Waals surface area contributed by atoms with Gasteiger partial charge in [-0.05, 0) is 31.4 Å². The van der Waals surface area contributed by atoms with Gasteiger partial charge < -0.3 is 5.11 Å². The van der Waals surface area contributed by atoms with Crippen molar-refractivity contribution in [3.05, 3.63) is 51.9 Å². The Morgan fingerprint density at radius 2 is 1.89 bits per heavy atom. The van der Waals surface area contributed by atoms with Gasteiger partial charge in [0.2, 0.25) is 0 Å². The van der Waals surface area contributed by atoms with Crippen LogP contribution in [0.5, 0.6) is 0 Å². The Labute approximate surface area is 168 Å². The fourth-order valence-corrected chi connectivity index (χ4v) is 4.26. The lowest BCUT2D eigenvalue weighted by molar-refractivity contribution is 0.0474. The number of hydrogen-bond acceptors (Lipinski definition) is 4. The number of nitrogens with zero attached hydrogens (tertiary/aromatic N) is 4. The molecule has 1 aliphatic heterocycles. The highest BCUT2D eigenvalue weighted by molar-refractivity contribution is 5.33. The number of para-hydroxylation sites is 1. The SMILES string of the molecule is Cc1c(CN2CCN(CC(C)C)[C@H](CCO)C2)c(=O)n(-c2ccccc2)n1C. The van der Waals surface area contributed by atoms with Crippen molar-refractivity contribution in [3.63, 3.8) is 0 Å². The Hall–Kier alpha value is -1.89. The summed E-state index contributed by atoms with van der Waals surface area (Å²) in [7, 11) is 1.95. The molecule has 1 saturated heterocycles. The van der Waals surface area contributed by atoms with Crippen LogP contribution in [0, 0.1) is 12.8 Å². The van der Waals surface area contributed by atoms with Crippen LogP contribution in [-0.2, 0) is 13.6 Å². The Morgan fingerprint density at radius 3 is 2.54 bits per heavy atom. The summed E-state index contributed by atoms with van der Waals surface area (Å²) >= 11 is 0. The van der Waals surface area contributed by atoms with Gasteiger partial charge in [0.05, 0.1) is 11.3 Å². The molecule has 28 heavy (non-hydrogen) atoms. The topological polar surface area (TPSA) is 53.6 Å². The summed E-state index contributed by atoms with van der Waals surface area (Å²) in [5, 5.41) is 9.50. The van der Waals surface area contributed by atoms with E-state index in [1.807, 2.05) is 49.0 Å². The van der Waals surface area contributed by atoms with Gasteiger partial charge in [0.25, 0.3) is 5.56 Å². The minimum atomic E-state index is 0.0644. The molecule has 154 valence electrons. The minimum Gasteiger partial charge on any atom is -0.396 e. The fraction of sp³-hybridized carbons (Fsp3) is 0.591. The van der Waals surface area contributed by atoms with Crippen LogP contribution >= 0.6 is 0 Å². The zero-order valence-electron chi connectivity index (χ0n) is 17.6. The van der Waals surface area contributed by atoms with E-state index < -0.39 is 0 Å². The van der Waals surface area contributed by atoms with E-state index >= 15 is 0 Å². The highest BCUT2D eigenvalue weighted by Crippen LogP contribution is 2.18. The quantitative estimate of drug-likeness (QED) is 0.791. The molecule has 3 rings (SSSR count). The van der Waals surface area contributed by atoms with Crippen LogP contribution in [0.4, 0.5) is 0 Å². The Kier molecular flexibility index (Phi) is 6.75. The molecule has 0 spiro atoms. The van der Waals surface area contributed by atoms with Gasteiger partial charge in [-0.15, -0.1) is 0 Å². The molecular formula is C22H34N4O2. The van der Waals surface area contributed by atoms with Crippen LogP contribution in [0.15, 0.2) is 35.1 Å². The van der Waals surface area contributed by atoms with Gasteiger partial charge >= 0.3 is 0 Å². The lowest BCUT2D eigenvalue weighted by Crippen LogP contribution is -2.54. The summed E-state index contributed by atoms with van der Waals surface area (Å²) in [4.78, 5) is 18.0. The van der Waals surface area contributed by atoms with E-state index in [4.69, 9.17) is 0 Å². The number of hydrogen-bond donors (Lipinski definition) is 1. The van der Waals surface area contributed by atoms with Crippen molar-refractivity contribution in [2.45, 2.75) is 39.8 Å². The molecule has 0 radical (unpaired) electrons. The smallest absolute Gasteiger partial charge is 0.276 e. The summed E-state index contributed by atoms with van der Waals surface area (Å²) in [6.07, 6.45) is 0.783. The molecule has 0 saturated carbocycles. The average molecular weight is 387 g/mol. The zero-order valence-corrected chi connectivity index (χ0v) is 17.6. The van der Waals surface area contributed by atoms with Crippen LogP contribution in [0.3, 0.4) is 0 Å². The second-order valence-electron chi connectivity index (χ2n) is 8.33. The van der Waals surface area contributed by atoms with E-state index in [0.29, 0.717) is 18.5 Å². The van der Waals surface area contributed by atoms with Crippen LogP contribution in [0.1, 0.15) is 31.5 Å². The summed E-state index contributed by atoms with van der Waals surface area (Å²) in [6.45, 7) is 11.3. The predicted octanol–water partition coefficient (Wildman–Crippen LogP) is 2.01. The number of aromatic nitrogens is 2. The largest absolute Gasteiger partial charge is 0.396 e. The van der Waals surface area contributed by atoms with Gasteiger partial charge in [-0.3, -0.25) is 19.3 Å². The first-order valence-corrected chi connectivity index (χ1v) is 10.3. The van der Waals surface area contributed by atoms with Crippen molar-refractivity contribution in [3.8, 4) is 5.69 Å². The molecule has 1 aromatic heterocycles. The normalized spacial score (nSPS) is 18.9. The van der Waals surface area contributed by atoms with Crippen molar-refractivity contribution in [2.75, 3.05) is 32.8 Å². The van der Waals surface area contributed by atoms with E-state index in [1.165, 1.54) is 0 Å². The molecule has 1 N–H and O–H groups in total. The molecule has 1 aliphatic rings. The van der Waals surface area contributed by atoms with Crippen LogP contribution in [0.2, 0.25) is 0 Å². The number of rotatable bonds is 7. The molecule has 1 fully saturated rings. The van der Waals surface area contributed by atoms with Gasteiger partial charge in [-0.1, -0.05) is 32.0 Å². The van der Waals surface area contributed by atoms with Crippen molar-refractivity contribution >= 4 is 0 Å². The molecule has 0 aliphatic carbocycles. The summed E-state index contributed by atoms with van der Waals surface area (Å²) < 4.78 is 3.71. The maximum atomic E-state index is 13.2. The maximum absolute atomic E-state index is 13.2. The maximum Gasteiger partial charge on any atom is 0.276 e. The number of aliphatic hydroxyl groups is 1. The Balaban J connectivity index is 1.80. The summed E-state index contributed by atoms with van der Waals surface area (Å²) in [5.41, 5.74) is 2.84. The third kappa shape index (κ3) is 4.40. The van der Waals surface area contributed by atoms with Gasteiger partial charge in [-0.2, -0.15) is 0 Å². The highest BCUT2D eigenvalue weighted by Gasteiger charge is 2.28. The first kappa shape index (κ1) is 20.8. The lowest BCUT2D eigenvalue weighted by atomic mass is 10.1. The fourth-order valence-electron chi connectivity index (χ4n) is 4.26. The van der Waals surface area contributed by atoms with Crippen LogP contribution in [0.25, 0.3) is 5.69 Å². The van der Waals surface area contributed by atoms with E-state index in [1.54, 1.807) is 4.68 Å². The molecule has 6 nitrogen and oxygen atoms in total. The molecule has 0 amide bonds. The number of aliphatic hydroxyl groups excluding tert-OH is 1. The number of piperazine rings is 1. The van der Waals surface area contributed by atoms with E-state index in [-0.39, 0.29) is 12.2 Å². The van der Waals surface area contributed by atoms with Crippen LogP contribution < -0.4 is 5.56 Å². The van der Waals surface area contributed by atoms with Gasteiger partial charge in [0.1, 0.15) is 0 Å². The second kappa shape index (κ2) is 9.07. The first-order valence-electron chi connectivity index (χ1n) is 10.3. The van der Waals surface area contributed by atoms with Crippen molar-refractivity contribution in [2.24, 2.45) is 13.0 Å². The molecular weight excluding hydrogens is 352 g/mol. The van der Waals surface area contributed by atoms with E-state index in [9.17, 15) is 9.90 Å². The van der Waals surface area contributed by atoms with Crippen molar-refractivity contribution in [1.29, 1.82) is 0 Å². The minimum absolute atomic E-state index is 0.0644. The van der Waals surface area contributed by atoms with Crippen molar-refractivity contribution < 1.29 is 5.11 Å². The molecule has 0 unspecified atom stereocenters. The molecule has 1 aromatic carbocycles. The Bertz CT molecular complexity index is 825. The monoisotopic (exact) mass is 386 g/mol. The van der Waals surface area contributed by atoms with Crippen molar-refractivity contribution in [1.82, 2.24) is 19.2 Å². The Morgan fingerprint density at radius 1 is 1.18 bits per heavy atom. The van der Waals surface area contributed by atoms with Gasteiger partial charge in [0, 0.05) is 58.1 Å². The van der Waals surface area contributed by atoms with E-state index in [0.717, 1.165) is 49.5 Å². The molecule has 2 aromatic rings. The molecule has 0 bridgehead atoms. The third-order valence-corrected chi connectivity index (χ3v) is 5.81. The average Bonchev–Trinajstić information content (AvgIpc) is 2.88. The second-order valence-corrected chi connectivity index (χ2v) is 8.33. The standard InChI is InChI=1S/C22H34N4O2/c1-17(2)14-25-12-11-24(15-20(25)10-13-27)16-21-18(3)23(4)26(22(21)28)19-8-6-5-7-9-19/h5-9,17,20,27H,10-16H2,1-4H3/t20-/m1/s1. The van der Waals surface area contributed by atoms with E-state index in [2.05, 4.69) is 23.6 Å². The lowest BCUT2D eigenvalue weighted by Gasteiger charge is -2.42. The van der Waals surface area contributed by atoms with Crippen LogP contribution in [-0.4, -0.2) is 63.1 Å². The highest BCUT2D eigenvalue weighted by atomic mass is 16.3. The third-order valence-electron chi connectivity index (χ3n) is 5.81. The number of benzene rings is 1.